The molecule has 104 valence electrons. The summed E-state index contributed by atoms with van der Waals surface area (Å²) in [4.78, 5) is 2.39. The Morgan fingerprint density at radius 1 is 1.28 bits per heavy atom. The third-order valence-corrected chi connectivity index (χ3v) is 4.28. The minimum Gasteiger partial charge on any atom is -0.301 e. The third kappa shape index (κ3) is 4.96. The van der Waals surface area contributed by atoms with Crippen molar-refractivity contribution in [3.63, 3.8) is 0 Å². The second kappa shape index (κ2) is 8.50. The van der Waals surface area contributed by atoms with Gasteiger partial charge >= 0.3 is 0 Å². The van der Waals surface area contributed by atoms with Gasteiger partial charge in [0.1, 0.15) is 6.04 Å². The molecule has 1 saturated carbocycles. The monoisotopic (exact) mass is 251 g/mol. The molecular weight excluding hydrogens is 222 g/mol. The van der Waals surface area contributed by atoms with Crippen molar-refractivity contribution < 1.29 is 0 Å². The fourth-order valence-corrected chi connectivity index (χ4v) is 2.90. The van der Waals surface area contributed by atoms with Crippen molar-refractivity contribution in [3.8, 4) is 6.07 Å². The minimum atomic E-state index is -0.0150. The Bertz CT molecular complexity index is 251. The highest BCUT2D eigenvalue weighted by Gasteiger charge is 2.24. The van der Waals surface area contributed by atoms with Crippen LogP contribution in [0.25, 0.3) is 0 Å². The highest BCUT2D eigenvalue weighted by atomic mass is 15.2. The number of hydrogen-bond donors (Lipinski definition) is 1. The SMILES string of the molecule is CCCNC(C#N)CN(C)C1CCC(CC)CC1. The third-order valence-electron chi connectivity index (χ3n) is 4.28. The summed E-state index contributed by atoms with van der Waals surface area (Å²) in [6.45, 7) is 6.23. The van der Waals surface area contributed by atoms with Gasteiger partial charge in [-0.3, -0.25) is 0 Å². The zero-order chi connectivity index (χ0) is 13.4. The summed E-state index contributed by atoms with van der Waals surface area (Å²) in [5, 5.41) is 12.4. The van der Waals surface area contributed by atoms with Gasteiger partial charge in [0.15, 0.2) is 0 Å². The van der Waals surface area contributed by atoms with Gasteiger partial charge in [0, 0.05) is 12.6 Å². The highest BCUT2D eigenvalue weighted by Crippen LogP contribution is 2.28. The van der Waals surface area contributed by atoms with Gasteiger partial charge in [-0.1, -0.05) is 20.3 Å². The molecular formula is C15H29N3. The number of rotatable bonds is 7. The smallest absolute Gasteiger partial charge is 0.108 e. The first kappa shape index (κ1) is 15.5. The average molecular weight is 251 g/mol. The van der Waals surface area contributed by atoms with Crippen molar-refractivity contribution in [1.29, 1.82) is 5.26 Å². The van der Waals surface area contributed by atoms with Crippen LogP contribution in [0.5, 0.6) is 0 Å². The van der Waals surface area contributed by atoms with Gasteiger partial charge < -0.3 is 10.2 Å². The Morgan fingerprint density at radius 3 is 2.44 bits per heavy atom. The summed E-state index contributed by atoms with van der Waals surface area (Å²) in [5.74, 6) is 0.944. The molecule has 0 aromatic heterocycles. The van der Waals surface area contributed by atoms with Crippen LogP contribution in [-0.2, 0) is 0 Å². The number of nitrogens with zero attached hydrogens (tertiary/aromatic N) is 2. The number of nitrogens with one attached hydrogen (secondary N) is 1. The van der Waals surface area contributed by atoms with Crippen LogP contribution in [0.1, 0.15) is 52.4 Å². The second-order valence-electron chi connectivity index (χ2n) is 5.66. The van der Waals surface area contributed by atoms with Crippen LogP contribution >= 0.6 is 0 Å². The van der Waals surface area contributed by atoms with Crippen molar-refractivity contribution in [2.24, 2.45) is 5.92 Å². The van der Waals surface area contributed by atoms with Crippen molar-refractivity contribution in [2.75, 3.05) is 20.1 Å². The highest BCUT2D eigenvalue weighted by molar-refractivity contribution is 4.93. The van der Waals surface area contributed by atoms with Crippen LogP contribution in [0.2, 0.25) is 0 Å². The summed E-state index contributed by atoms with van der Waals surface area (Å²) in [6.07, 6.45) is 7.76. The molecule has 18 heavy (non-hydrogen) atoms. The molecule has 0 aromatic carbocycles. The van der Waals surface area contributed by atoms with E-state index in [-0.39, 0.29) is 6.04 Å². The van der Waals surface area contributed by atoms with E-state index in [9.17, 15) is 0 Å². The fourth-order valence-electron chi connectivity index (χ4n) is 2.90. The lowest BCUT2D eigenvalue weighted by Crippen LogP contribution is -2.44. The maximum absolute atomic E-state index is 9.14. The Balaban J connectivity index is 2.31. The predicted molar refractivity (Wildman–Crippen MR) is 76.4 cm³/mol. The summed E-state index contributed by atoms with van der Waals surface area (Å²) in [6, 6.07) is 3.05. The number of nitriles is 1. The van der Waals surface area contributed by atoms with Gasteiger partial charge in [0.05, 0.1) is 6.07 Å². The lowest BCUT2D eigenvalue weighted by atomic mass is 9.84. The standard InChI is InChI=1S/C15H29N3/c1-4-10-17-14(11-16)12-18(3)15-8-6-13(5-2)7-9-15/h13-15,17H,4-10,12H2,1-3H3. The maximum atomic E-state index is 9.14. The van der Waals surface area contributed by atoms with Crippen LogP contribution in [0.4, 0.5) is 0 Å². The molecule has 0 aromatic rings. The van der Waals surface area contributed by atoms with Gasteiger partial charge in [-0.25, -0.2) is 0 Å². The van der Waals surface area contributed by atoms with Gasteiger partial charge in [0.2, 0.25) is 0 Å². The van der Waals surface area contributed by atoms with Gasteiger partial charge in [0.25, 0.3) is 0 Å². The molecule has 1 atom stereocenters. The Labute approximate surface area is 113 Å². The van der Waals surface area contributed by atoms with Crippen LogP contribution < -0.4 is 5.32 Å². The maximum Gasteiger partial charge on any atom is 0.108 e. The minimum absolute atomic E-state index is 0.0150. The lowest BCUT2D eigenvalue weighted by Gasteiger charge is -2.35. The van der Waals surface area contributed by atoms with Crippen LogP contribution in [0.15, 0.2) is 0 Å². The van der Waals surface area contributed by atoms with Gasteiger partial charge in [-0.2, -0.15) is 5.26 Å². The van der Waals surface area contributed by atoms with E-state index < -0.39 is 0 Å². The molecule has 0 saturated heterocycles. The first-order chi connectivity index (χ1) is 8.71. The average Bonchev–Trinajstić information content (AvgIpc) is 2.43. The van der Waals surface area contributed by atoms with E-state index in [0.29, 0.717) is 6.04 Å². The van der Waals surface area contributed by atoms with E-state index in [4.69, 9.17) is 5.26 Å². The van der Waals surface area contributed by atoms with Crippen LogP contribution in [0.3, 0.4) is 0 Å². The Morgan fingerprint density at radius 2 is 1.94 bits per heavy atom. The zero-order valence-corrected chi connectivity index (χ0v) is 12.3. The lowest BCUT2D eigenvalue weighted by molar-refractivity contribution is 0.157. The first-order valence-corrected chi connectivity index (χ1v) is 7.54. The molecule has 0 bridgehead atoms. The fraction of sp³-hybridized carbons (Fsp3) is 0.933. The Hall–Kier alpha value is -0.590. The largest absolute Gasteiger partial charge is 0.301 e. The van der Waals surface area contributed by atoms with E-state index in [0.717, 1.165) is 25.4 Å². The van der Waals surface area contributed by atoms with E-state index in [1.54, 1.807) is 0 Å². The van der Waals surface area contributed by atoms with Crippen molar-refractivity contribution in [3.05, 3.63) is 0 Å². The van der Waals surface area contributed by atoms with Crippen molar-refractivity contribution in [1.82, 2.24) is 10.2 Å². The Kier molecular flexibility index (Phi) is 7.31. The molecule has 1 N–H and O–H groups in total. The molecule has 0 heterocycles. The number of hydrogen-bond acceptors (Lipinski definition) is 3. The molecule has 0 amide bonds. The van der Waals surface area contributed by atoms with E-state index in [2.05, 4.69) is 37.2 Å². The molecule has 1 rings (SSSR count). The normalized spacial score (nSPS) is 25.9. The van der Waals surface area contributed by atoms with E-state index >= 15 is 0 Å². The molecule has 3 nitrogen and oxygen atoms in total. The predicted octanol–water partition coefficient (Wildman–Crippen LogP) is 2.78. The van der Waals surface area contributed by atoms with Crippen LogP contribution in [0, 0.1) is 17.2 Å². The molecule has 3 heteroatoms. The number of likely N-dealkylation sites (N-methyl/N-ethyl adjacent to an activating group) is 1. The summed E-state index contributed by atoms with van der Waals surface area (Å²) in [7, 11) is 2.18. The second-order valence-corrected chi connectivity index (χ2v) is 5.66. The summed E-state index contributed by atoms with van der Waals surface area (Å²) >= 11 is 0. The molecule has 0 radical (unpaired) electrons. The molecule has 0 spiro atoms. The molecule has 1 fully saturated rings. The van der Waals surface area contributed by atoms with Crippen molar-refractivity contribution in [2.45, 2.75) is 64.5 Å². The first-order valence-electron chi connectivity index (χ1n) is 7.54. The van der Waals surface area contributed by atoms with E-state index in [1.165, 1.54) is 32.1 Å². The topological polar surface area (TPSA) is 39.1 Å². The molecule has 1 aliphatic rings. The summed E-state index contributed by atoms with van der Waals surface area (Å²) in [5.41, 5.74) is 0. The quantitative estimate of drug-likeness (QED) is 0.756. The van der Waals surface area contributed by atoms with Crippen LogP contribution in [-0.4, -0.2) is 37.1 Å². The molecule has 1 aliphatic carbocycles. The van der Waals surface area contributed by atoms with Gasteiger partial charge in [-0.05, 0) is 51.6 Å². The molecule has 0 aliphatic heterocycles. The molecule has 1 unspecified atom stereocenters. The summed E-state index contributed by atoms with van der Waals surface area (Å²) < 4.78 is 0. The van der Waals surface area contributed by atoms with Crippen molar-refractivity contribution >= 4 is 0 Å². The van der Waals surface area contributed by atoms with E-state index in [1.807, 2.05) is 0 Å². The van der Waals surface area contributed by atoms with Gasteiger partial charge in [-0.15, -0.1) is 0 Å². The zero-order valence-electron chi connectivity index (χ0n) is 12.3.